The van der Waals surface area contributed by atoms with E-state index in [2.05, 4.69) is 12.2 Å². The number of urea groups is 1. The maximum atomic E-state index is 12.4. The predicted molar refractivity (Wildman–Crippen MR) is 93.0 cm³/mol. The first-order valence-corrected chi connectivity index (χ1v) is 9.34. The van der Waals surface area contributed by atoms with Gasteiger partial charge in [-0.15, -0.1) is 0 Å². The van der Waals surface area contributed by atoms with Crippen molar-refractivity contribution in [3.8, 4) is 0 Å². The van der Waals surface area contributed by atoms with E-state index in [0.29, 0.717) is 12.0 Å². The molecule has 1 N–H and O–H groups in total. The van der Waals surface area contributed by atoms with Gasteiger partial charge in [-0.05, 0) is 64.0 Å². The number of ether oxygens (including phenoxy) is 1. The van der Waals surface area contributed by atoms with Crippen molar-refractivity contribution in [3.05, 3.63) is 23.7 Å². The van der Waals surface area contributed by atoms with Crippen LogP contribution in [0.25, 0.3) is 0 Å². The Hall–Kier alpha value is -1.49. The van der Waals surface area contributed by atoms with Gasteiger partial charge in [-0.1, -0.05) is 0 Å². The Bertz CT molecular complexity index is 528. The van der Waals surface area contributed by atoms with Gasteiger partial charge in [0, 0.05) is 32.2 Å². The van der Waals surface area contributed by atoms with Crippen LogP contribution in [0.1, 0.15) is 50.5 Å². The summed E-state index contributed by atoms with van der Waals surface area (Å²) in [4.78, 5) is 14.4. The van der Waals surface area contributed by atoms with Crippen molar-refractivity contribution in [2.24, 2.45) is 5.92 Å². The van der Waals surface area contributed by atoms with E-state index in [0.717, 1.165) is 56.9 Å². The average Bonchev–Trinajstić information content (AvgIpc) is 3.25. The second-order valence-electron chi connectivity index (χ2n) is 7.28. The van der Waals surface area contributed by atoms with Crippen LogP contribution in [-0.4, -0.2) is 42.8 Å². The molecular formula is C19H30N2O3. The van der Waals surface area contributed by atoms with Gasteiger partial charge in [0.15, 0.2) is 0 Å². The molecule has 134 valence electrons. The van der Waals surface area contributed by atoms with E-state index in [-0.39, 0.29) is 12.1 Å². The van der Waals surface area contributed by atoms with Crippen LogP contribution in [-0.2, 0) is 11.2 Å². The molecule has 24 heavy (non-hydrogen) atoms. The summed E-state index contributed by atoms with van der Waals surface area (Å²) in [5, 5.41) is 3.13. The van der Waals surface area contributed by atoms with E-state index in [1.54, 1.807) is 0 Å². The Labute approximate surface area is 144 Å². The molecule has 0 aromatic carbocycles. The molecule has 3 rings (SSSR count). The summed E-state index contributed by atoms with van der Waals surface area (Å²) in [7, 11) is 0. The van der Waals surface area contributed by atoms with Gasteiger partial charge in [0.1, 0.15) is 11.5 Å². The fourth-order valence-electron chi connectivity index (χ4n) is 3.80. The third-order valence-corrected chi connectivity index (χ3v) is 5.31. The summed E-state index contributed by atoms with van der Waals surface area (Å²) in [6, 6.07) is 4.22. The molecule has 2 aliphatic rings. The predicted octanol–water partition coefficient (Wildman–Crippen LogP) is 3.51. The second kappa shape index (κ2) is 8.06. The summed E-state index contributed by atoms with van der Waals surface area (Å²) >= 11 is 0. The number of rotatable bonds is 5. The SMILES string of the molecule is Cc1ccc(CCC(C)NC(=O)N2CCC(C3CCCO3)CC2)o1. The smallest absolute Gasteiger partial charge is 0.317 e. The molecular weight excluding hydrogens is 304 g/mol. The highest BCUT2D eigenvalue weighted by atomic mass is 16.5. The lowest BCUT2D eigenvalue weighted by atomic mass is 9.90. The Kier molecular flexibility index (Phi) is 5.82. The summed E-state index contributed by atoms with van der Waals surface area (Å²) in [5.41, 5.74) is 0. The lowest BCUT2D eigenvalue weighted by Crippen LogP contribution is -2.48. The number of aryl methyl sites for hydroxylation is 2. The van der Waals surface area contributed by atoms with Crippen LogP contribution in [0.5, 0.6) is 0 Å². The zero-order valence-corrected chi connectivity index (χ0v) is 14.9. The van der Waals surface area contributed by atoms with Gasteiger partial charge in [-0.3, -0.25) is 0 Å². The summed E-state index contributed by atoms with van der Waals surface area (Å²) < 4.78 is 11.4. The molecule has 1 aromatic rings. The highest BCUT2D eigenvalue weighted by molar-refractivity contribution is 5.74. The molecule has 2 amide bonds. The van der Waals surface area contributed by atoms with Crippen molar-refractivity contribution in [2.75, 3.05) is 19.7 Å². The van der Waals surface area contributed by atoms with E-state index >= 15 is 0 Å². The zero-order valence-electron chi connectivity index (χ0n) is 14.9. The minimum atomic E-state index is 0.0731. The van der Waals surface area contributed by atoms with Crippen LogP contribution < -0.4 is 5.32 Å². The van der Waals surface area contributed by atoms with Crippen LogP contribution >= 0.6 is 0 Å². The van der Waals surface area contributed by atoms with Crippen molar-refractivity contribution in [2.45, 2.75) is 64.5 Å². The first-order chi connectivity index (χ1) is 11.6. The van der Waals surface area contributed by atoms with Crippen molar-refractivity contribution in [3.63, 3.8) is 0 Å². The Morgan fingerprint density at radius 1 is 1.33 bits per heavy atom. The number of likely N-dealkylation sites (tertiary alicyclic amines) is 1. The average molecular weight is 334 g/mol. The molecule has 5 nitrogen and oxygen atoms in total. The van der Waals surface area contributed by atoms with Crippen LogP contribution in [0, 0.1) is 12.8 Å². The monoisotopic (exact) mass is 334 g/mol. The fraction of sp³-hybridized carbons (Fsp3) is 0.737. The maximum Gasteiger partial charge on any atom is 0.317 e. The number of amides is 2. The molecule has 2 aliphatic heterocycles. The Morgan fingerprint density at radius 3 is 2.75 bits per heavy atom. The molecule has 2 fully saturated rings. The van der Waals surface area contributed by atoms with Gasteiger partial charge in [-0.2, -0.15) is 0 Å². The standard InChI is InChI=1S/C19H30N2O3/c1-14(5-7-17-8-6-15(2)24-17)20-19(22)21-11-9-16(10-12-21)18-4-3-13-23-18/h6,8,14,16,18H,3-5,7,9-13H2,1-2H3,(H,20,22). The molecule has 2 unspecified atom stereocenters. The third-order valence-electron chi connectivity index (χ3n) is 5.31. The minimum Gasteiger partial charge on any atom is -0.466 e. The summed E-state index contributed by atoms with van der Waals surface area (Å²) in [6.07, 6.45) is 6.71. The minimum absolute atomic E-state index is 0.0731. The molecule has 0 radical (unpaired) electrons. The summed E-state index contributed by atoms with van der Waals surface area (Å²) in [6.45, 7) is 6.63. The van der Waals surface area contributed by atoms with Crippen molar-refractivity contribution in [1.82, 2.24) is 10.2 Å². The van der Waals surface area contributed by atoms with Crippen molar-refractivity contribution >= 4 is 6.03 Å². The van der Waals surface area contributed by atoms with Gasteiger partial charge in [-0.25, -0.2) is 4.79 Å². The quantitative estimate of drug-likeness (QED) is 0.896. The summed E-state index contributed by atoms with van der Waals surface area (Å²) in [5.74, 6) is 2.57. The van der Waals surface area contributed by atoms with Crippen LogP contribution in [0.2, 0.25) is 0 Å². The second-order valence-corrected chi connectivity index (χ2v) is 7.28. The molecule has 0 aliphatic carbocycles. The van der Waals surface area contributed by atoms with E-state index in [1.807, 2.05) is 24.0 Å². The number of hydrogen-bond acceptors (Lipinski definition) is 3. The number of nitrogens with zero attached hydrogens (tertiary/aromatic N) is 1. The van der Waals surface area contributed by atoms with Gasteiger partial charge in [0.05, 0.1) is 6.10 Å². The highest BCUT2D eigenvalue weighted by Crippen LogP contribution is 2.28. The molecule has 3 heterocycles. The van der Waals surface area contributed by atoms with Gasteiger partial charge in [0.25, 0.3) is 0 Å². The number of carbonyl (C=O) groups excluding carboxylic acids is 1. The van der Waals surface area contributed by atoms with Gasteiger partial charge >= 0.3 is 6.03 Å². The molecule has 0 saturated carbocycles. The van der Waals surface area contributed by atoms with Crippen LogP contribution in [0.3, 0.4) is 0 Å². The number of furan rings is 1. The zero-order chi connectivity index (χ0) is 16.9. The van der Waals surface area contributed by atoms with Crippen molar-refractivity contribution in [1.29, 1.82) is 0 Å². The number of nitrogens with one attached hydrogen (secondary N) is 1. The lowest BCUT2D eigenvalue weighted by Gasteiger charge is -2.35. The van der Waals surface area contributed by atoms with E-state index in [9.17, 15) is 4.79 Å². The third kappa shape index (κ3) is 4.53. The normalized spacial score (nSPS) is 23.4. The van der Waals surface area contributed by atoms with E-state index in [4.69, 9.17) is 9.15 Å². The topological polar surface area (TPSA) is 54.7 Å². The molecule has 1 aromatic heterocycles. The van der Waals surface area contributed by atoms with Crippen LogP contribution in [0.4, 0.5) is 4.79 Å². The van der Waals surface area contributed by atoms with Crippen molar-refractivity contribution < 1.29 is 13.9 Å². The molecule has 0 spiro atoms. The number of carbonyl (C=O) groups is 1. The first-order valence-electron chi connectivity index (χ1n) is 9.34. The molecule has 0 bridgehead atoms. The van der Waals surface area contributed by atoms with Crippen LogP contribution in [0.15, 0.2) is 16.5 Å². The van der Waals surface area contributed by atoms with Gasteiger partial charge < -0.3 is 19.4 Å². The largest absolute Gasteiger partial charge is 0.466 e. The van der Waals surface area contributed by atoms with Gasteiger partial charge in [0.2, 0.25) is 0 Å². The lowest BCUT2D eigenvalue weighted by molar-refractivity contribution is 0.0370. The molecule has 5 heteroatoms. The number of hydrogen-bond donors (Lipinski definition) is 1. The fourth-order valence-corrected chi connectivity index (χ4v) is 3.80. The van der Waals surface area contributed by atoms with E-state index < -0.39 is 0 Å². The molecule has 2 saturated heterocycles. The van der Waals surface area contributed by atoms with E-state index in [1.165, 1.54) is 12.8 Å². The Balaban J connectivity index is 1.37. The molecule has 2 atom stereocenters. The Morgan fingerprint density at radius 2 is 2.12 bits per heavy atom. The highest BCUT2D eigenvalue weighted by Gasteiger charge is 2.31. The maximum absolute atomic E-state index is 12.4. The first kappa shape index (κ1) is 17.3. The number of piperidine rings is 1.